The van der Waals surface area contributed by atoms with Crippen LogP contribution in [0.5, 0.6) is 5.75 Å². The number of phenolic OH excluding ortho intramolecular Hbond substituents is 1. The fourth-order valence-electron chi connectivity index (χ4n) is 9.27. The van der Waals surface area contributed by atoms with Crippen LogP contribution in [0.25, 0.3) is 83.9 Å². The summed E-state index contributed by atoms with van der Waals surface area (Å²) in [5, 5.41) is 11.3. The predicted molar refractivity (Wildman–Crippen MR) is 296 cm³/mol. The normalized spacial score (nSPS) is 13.1. The monoisotopic (exact) mass is 969 g/mol. The van der Waals surface area contributed by atoms with Gasteiger partial charge in [0.25, 0.3) is 0 Å². The number of imidazole rings is 1. The Kier molecular flexibility index (Phi) is 11.8. The number of aromatic hydroxyl groups is 1. The van der Waals surface area contributed by atoms with Crippen LogP contribution in [0.3, 0.4) is 0 Å². The van der Waals surface area contributed by atoms with Crippen molar-refractivity contribution in [2.24, 2.45) is 0 Å². The van der Waals surface area contributed by atoms with Gasteiger partial charge in [-0.3, -0.25) is 4.98 Å². The summed E-state index contributed by atoms with van der Waals surface area (Å²) in [6.07, 6.45) is 1.90. The molecule has 2 aromatic heterocycles. The molecule has 0 saturated heterocycles. The third-order valence-electron chi connectivity index (χ3n) is 13.0. The van der Waals surface area contributed by atoms with Gasteiger partial charge in [-0.2, -0.15) is 0 Å². The van der Waals surface area contributed by atoms with Gasteiger partial charge in [0.05, 0.1) is 5.69 Å². The average molecular weight is 969 g/mol. The Morgan fingerprint density at radius 3 is 1.74 bits per heavy atom. The number of pyridine rings is 1. The van der Waals surface area contributed by atoms with Gasteiger partial charge in [-0.25, -0.2) is 0 Å². The van der Waals surface area contributed by atoms with Gasteiger partial charge in [-0.1, -0.05) is 117 Å². The summed E-state index contributed by atoms with van der Waals surface area (Å²) in [5.41, 5.74) is 16.7. The summed E-state index contributed by atoms with van der Waals surface area (Å²) in [7, 11) is 0. The van der Waals surface area contributed by atoms with Gasteiger partial charge >= 0.3 is 183 Å². The number of hydrogen-bond acceptors (Lipinski definition) is 3. The van der Waals surface area contributed by atoms with Gasteiger partial charge in [0.15, 0.2) is 0 Å². The van der Waals surface area contributed by atoms with Crippen molar-refractivity contribution in [1.82, 2.24) is 14.5 Å². The number of aromatic nitrogens is 3. The van der Waals surface area contributed by atoms with E-state index in [1.165, 1.54) is 5.56 Å². The second kappa shape index (κ2) is 18.1. The molecule has 0 unspecified atom stereocenters. The van der Waals surface area contributed by atoms with Gasteiger partial charge < -0.3 is 5.11 Å². The molecule has 0 aliphatic heterocycles. The first-order chi connectivity index (χ1) is 33.4. The zero-order valence-corrected chi connectivity index (χ0v) is 44.6. The van der Waals surface area contributed by atoms with Crippen LogP contribution in [-0.2, 0) is 21.5 Å². The van der Waals surface area contributed by atoms with Crippen LogP contribution in [-0.4, -0.2) is 32.9 Å². The van der Waals surface area contributed by atoms with E-state index in [2.05, 4.69) is 224 Å². The molecule has 5 heteroatoms. The first kappa shape index (κ1) is 45.0. The van der Waals surface area contributed by atoms with Gasteiger partial charge in [0.1, 0.15) is 5.75 Å². The molecule has 0 amide bonds. The van der Waals surface area contributed by atoms with Crippen LogP contribution in [0.1, 0.15) is 87.3 Å². The van der Waals surface area contributed by atoms with Crippen molar-refractivity contribution in [3.05, 3.63) is 192 Å². The molecular formula is C64H67GeN3O. The number of fused-ring (bicyclic) bond motifs is 1. The number of hydrogen-bond donors (Lipinski definition) is 1. The number of nitrogens with zero attached hydrogens (tertiary/aromatic N) is 3. The molecule has 9 aromatic rings. The number of rotatable bonds is 9. The molecule has 7 aromatic carbocycles. The molecule has 69 heavy (non-hydrogen) atoms. The van der Waals surface area contributed by atoms with Crippen molar-refractivity contribution in [2.45, 2.75) is 101 Å². The molecule has 1 N–H and O–H groups in total. The van der Waals surface area contributed by atoms with E-state index in [0.717, 1.165) is 89.2 Å². The molecule has 0 saturated carbocycles. The second-order valence-electron chi connectivity index (χ2n) is 22.8. The fraction of sp³-hybridized carbons (Fsp3) is 0.250. The molecule has 0 aliphatic carbocycles. The maximum absolute atomic E-state index is 12.7. The maximum atomic E-state index is 12.7. The Balaban J connectivity index is 1.33. The second-order valence-corrected chi connectivity index (χ2v) is 32.7. The first-order valence-corrected chi connectivity index (χ1v) is 31.6. The van der Waals surface area contributed by atoms with E-state index in [-0.39, 0.29) is 22.0 Å². The van der Waals surface area contributed by atoms with Gasteiger partial charge in [-0.05, 0) is 74.4 Å². The topological polar surface area (TPSA) is 50.9 Å². The van der Waals surface area contributed by atoms with E-state index in [0.29, 0.717) is 11.4 Å². The summed E-state index contributed by atoms with van der Waals surface area (Å²) >= 11 is -2.73. The Morgan fingerprint density at radius 2 is 1.10 bits per heavy atom. The van der Waals surface area contributed by atoms with Crippen LogP contribution >= 0.6 is 0 Å². The van der Waals surface area contributed by atoms with E-state index in [4.69, 9.17) is 12.7 Å². The van der Waals surface area contributed by atoms with Crippen molar-refractivity contribution >= 4 is 24.3 Å². The number of benzene rings is 7. The molecule has 9 rings (SSSR count). The Hall–Kier alpha value is -6.50. The van der Waals surface area contributed by atoms with Crippen molar-refractivity contribution in [3.63, 3.8) is 0 Å². The Labute approximate surface area is 416 Å². The Morgan fingerprint density at radius 1 is 0.507 bits per heavy atom. The van der Waals surface area contributed by atoms with Crippen molar-refractivity contribution in [2.75, 3.05) is 0 Å². The zero-order valence-electron chi connectivity index (χ0n) is 44.5. The third kappa shape index (κ3) is 10.0. The van der Waals surface area contributed by atoms with E-state index in [9.17, 15) is 5.11 Å². The van der Waals surface area contributed by atoms with E-state index < -0.39 is 18.5 Å². The zero-order chi connectivity index (χ0) is 50.8. The van der Waals surface area contributed by atoms with Crippen LogP contribution in [0.15, 0.2) is 170 Å². The average Bonchev–Trinajstić information content (AvgIpc) is 3.72. The first-order valence-electron chi connectivity index (χ1n) is 25.3. The summed E-state index contributed by atoms with van der Waals surface area (Å²) in [4.78, 5) is 10.7. The molecule has 0 radical (unpaired) electrons. The number of phenols is 1. The molecule has 2 heterocycles. The molecular weight excluding hydrogens is 899 g/mol. The minimum atomic E-state index is -2.73. The predicted octanol–water partition coefficient (Wildman–Crippen LogP) is 17.4. The van der Waals surface area contributed by atoms with E-state index >= 15 is 0 Å². The molecule has 4 nitrogen and oxygen atoms in total. The third-order valence-corrected chi connectivity index (χ3v) is 15.2. The minimum absolute atomic E-state index is 0.171. The van der Waals surface area contributed by atoms with Gasteiger partial charge in [0.2, 0.25) is 0 Å². The van der Waals surface area contributed by atoms with Crippen molar-refractivity contribution < 1.29 is 7.85 Å². The quantitative estimate of drug-likeness (QED) is 0.147. The van der Waals surface area contributed by atoms with Gasteiger partial charge in [-0.15, -0.1) is 0 Å². The van der Waals surface area contributed by atoms with Gasteiger partial charge in [0, 0.05) is 22.9 Å². The molecule has 348 valence electrons. The Bertz CT molecular complexity index is 3420. The molecule has 0 atom stereocenters. The van der Waals surface area contributed by atoms with Crippen LogP contribution in [0.4, 0.5) is 0 Å². The molecule has 0 bridgehead atoms. The van der Waals surface area contributed by atoms with Crippen LogP contribution < -0.4 is 0 Å². The van der Waals surface area contributed by atoms with E-state index in [1.807, 2.05) is 30.5 Å². The summed E-state index contributed by atoms with van der Waals surface area (Å²) in [5.74, 6) is 7.26. The SMILES string of the molecule is [2H][C]([2H])(c1ccc(-c2ccc(-n3c(-c4cc(C(C)(C)C)cc(C(C)(C)C)c4O)nc4c(-c5cc(-c6cc(-c7ccccc7)ccn6)cc(C(C)(C)C)c5)cccc43)c(-c3ccccc3)c2)cc1)[Ge]([CH3])([CH3])[CH3]. The summed E-state index contributed by atoms with van der Waals surface area (Å²) in [6.45, 7) is 19.9. The van der Waals surface area contributed by atoms with Crippen LogP contribution in [0, 0.1) is 0 Å². The standard InChI is InChI=1S/C64H67GeN3O/c1-62(2,3)50-35-48(34-49(36-50)56-38-47(32-33-66-56)43-20-15-13-16-21-43)52-24-19-25-58-59(52)67-61(54-39-51(63(4,5)6)40-55(60(54)69)64(7,8)9)68(58)57-31-30-46(37-53(57)45-22-17-14-18-23-45)44-28-26-42(27-29-44)41-65(10,11)12/h13-40,69H,41H2,1-12H3/i41D2. The van der Waals surface area contributed by atoms with Crippen LogP contribution in [0.2, 0.25) is 17.3 Å². The summed E-state index contributed by atoms with van der Waals surface area (Å²) < 4.78 is 20.3. The molecule has 0 spiro atoms. The van der Waals surface area contributed by atoms with Crippen molar-refractivity contribution in [3.8, 4) is 78.6 Å². The van der Waals surface area contributed by atoms with Crippen molar-refractivity contribution in [1.29, 1.82) is 0 Å². The fourth-order valence-corrected chi connectivity index (χ4v) is 11.4. The number of para-hydroxylation sites is 1. The van der Waals surface area contributed by atoms with E-state index in [1.54, 1.807) is 0 Å². The molecule has 0 fully saturated rings. The summed E-state index contributed by atoms with van der Waals surface area (Å²) in [6, 6.07) is 57.4. The molecule has 0 aliphatic rings.